The minimum Gasteiger partial charge on any atom is -0.339 e. The lowest BCUT2D eigenvalue weighted by Gasteiger charge is -2.33. The van der Waals surface area contributed by atoms with Crippen LogP contribution in [-0.4, -0.2) is 36.0 Å². The second-order valence-electron chi connectivity index (χ2n) is 7.01. The van der Waals surface area contributed by atoms with Gasteiger partial charge in [0.15, 0.2) is 0 Å². The second kappa shape index (κ2) is 8.68. The molecule has 2 aromatic rings. The van der Waals surface area contributed by atoms with Gasteiger partial charge in [0.2, 0.25) is 0 Å². The number of likely N-dealkylation sites (tertiary alicyclic amines) is 1. The number of nitrogens with two attached hydrogens (primary N) is 1. The van der Waals surface area contributed by atoms with Crippen molar-refractivity contribution >= 4 is 23.3 Å². The molecule has 1 fully saturated rings. The molecular weight excluding hydrogens is 340 g/mol. The summed E-state index contributed by atoms with van der Waals surface area (Å²) in [6.07, 6.45) is 1.89. The Balaban J connectivity index is 1.54. The number of carbonyl (C=O) groups is 2. The third-order valence-corrected chi connectivity index (χ3v) is 4.99. The number of nitrogens with one attached hydrogen (secondary N) is 2. The van der Waals surface area contributed by atoms with Crippen LogP contribution >= 0.6 is 0 Å². The Kier molecular flexibility index (Phi) is 6.08. The number of urea groups is 1. The summed E-state index contributed by atoms with van der Waals surface area (Å²) in [5.74, 6) is 0.516. The van der Waals surface area contributed by atoms with Crippen molar-refractivity contribution in [3.63, 3.8) is 0 Å². The summed E-state index contributed by atoms with van der Waals surface area (Å²) in [6, 6.07) is 16.1. The summed E-state index contributed by atoms with van der Waals surface area (Å²) < 4.78 is 0. The van der Waals surface area contributed by atoms with Crippen LogP contribution in [0.3, 0.4) is 0 Å². The molecule has 0 bridgehead atoms. The van der Waals surface area contributed by atoms with Gasteiger partial charge in [-0.2, -0.15) is 0 Å². The average molecular weight is 366 g/mol. The van der Waals surface area contributed by atoms with E-state index >= 15 is 0 Å². The Bertz CT molecular complexity index is 767. The maximum absolute atomic E-state index is 12.6. The number of hydrogen-bond donors (Lipinski definition) is 3. The van der Waals surface area contributed by atoms with Gasteiger partial charge in [0.1, 0.15) is 0 Å². The molecule has 6 nitrogen and oxygen atoms in total. The van der Waals surface area contributed by atoms with Gasteiger partial charge in [-0.1, -0.05) is 18.2 Å². The second-order valence-corrected chi connectivity index (χ2v) is 7.01. The lowest BCUT2D eigenvalue weighted by Crippen LogP contribution is -2.42. The number of amides is 3. The van der Waals surface area contributed by atoms with Gasteiger partial charge in [-0.25, -0.2) is 4.79 Å². The largest absolute Gasteiger partial charge is 0.339 e. The van der Waals surface area contributed by atoms with E-state index in [1.807, 2.05) is 42.2 Å². The molecule has 0 saturated carbocycles. The molecule has 27 heavy (non-hydrogen) atoms. The highest BCUT2D eigenvalue weighted by Crippen LogP contribution is 2.21. The first-order valence-corrected chi connectivity index (χ1v) is 9.31. The zero-order valence-electron chi connectivity index (χ0n) is 15.5. The van der Waals surface area contributed by atoms with Gasteiger partial charge in [0.25, 0.3) is 5.91 Å². The van der Waals surface area contributed by atoms with Crippen LogP contribution < -0.4 is 16.4 Å². The van der Waals surface area contributed by atoms with E-state index in [-0.39, 0.29) is 18.0 Å². The number of carbonyl (C=O) groups excluding carboxylic acids is 2. The molecule has 4 N–H and O–H groups in total. The molecular formula is C21H26N4O2. The summed E-state index contributed by atoms with van der Waals surface area (Å²) in [5.41, 5.74) is 7.94. The van der Waals surface area contributed by atoms with Crippen LogP contribution in [0.5, 0.6) is 0 Å². The zero-order chi connectivity index (χ0) is 19.2. The van der Waals surface area contributed by atoms with Crippen LogP contribution in [0.25, 0.3) is 0 Å². The number of rotatable bonds is 4. The van der Waals surface area contributed by atoms with Gasteiger partial charge < -0.3 is 21.3 Å². The summed E-state index contributed by atoms with van der Waals surface area (Å²) in [5, 5.41) is 5.52. The Labute approximate surface area is 159 Å². The topological polar surface area (TPSA) is 87.5 Å². The van der Waals surface area contributed by atoms with Crippen molar-refractivity contribution in [2.24, 2.45) is 11.7 Å². The van der Waals surface area contributed by atoms with E-state index in [9.17, 15) is 9.59 Å². The van der Waals surface area contributed by atoms with Crippen LogP contribution in [0.2, 0.25) is 0 Å². The summed E-state index contributed by atoms with van der Waals surface area (Å²) in [7, 11) is 0. The number of hydrogen-bond acceptors (Lipinski definition) is 3. The molecule has 1 unspecified atom stereocenters. The van der Waals surface area contributed by atoms with E-state index in [0.717, 1.165) is 31.6 Å². The predicted molar refractivity (Wildman–Crippen MR) is 108 cm³/mol. The third-order valence-electron chi connectivity index (χ3n) is 4.99. The van der Waals surface area contributed by atoms with Gasteiger partial charge >= 0.3 is 6.03 Å². The van der Waals surface area contributed by atoms with E-state index in [2.05, 4.69) is 10.6 Å². The molecule has 142 valence electrons. The third kappa shape index (κ3) is 5.08. The van der Waals surface area contributed by atoms with Crippen molar-refractivity contribution in [3.05, 3.63) is 60.2 Å². The molecule has 2 aromatic carbocycles. The van der Waals surface area contributed by atoms with Crippen LogP contribution in [0.15, 0.2) is 54.6 Å². The SMILES string of the molecule is CC(N)C1CCN(C(=O)c2ccc(NC(=O)Nc3ccccc3)cc2)CC1. The maximum atomic E-state index is 12.6. The Hall–Kier alpha value is -2.86. The molecule has 1 saturated heterocycles. The van der Waals surface area contributed by atoms with Gasteiger partial charge in [0.05, 0.1) is 0 Å². The van der Waals surface area contributed by atoms with Gasteiger partial charge in [0, 0.05) is 36.1 Å². The zero-order valence-corrected chi connectivity index (χ0v) is 15.5. The molecule has 1 aliphatic heterocycles. The fourth-order valence-corrected chi connectivity index (χ4v) is 3.32. The first-order valence-electron chi connectivity index (χ1n) is 9.31. The van der Waals surface area contributed by atoms with Crippen molar-refractivity contribution in [3.8, 4) is 0 Å². The van der Waals surface area contributed by atoms with E-state index in [4.69, 9.17) is 5.73 Å². The molecule has 1 heterocycles. The van der Waals surface area contributed by atoms with E-state index in [0.29, 0.717) is 17.2 Å². The predicted octanol–water partition coefficient (Wildman–Crippen LogP) is 3.53. The molecule has 0 aliphatic carbocycles. The molecule has 3 rings (SSSR count). The first kappa shape index (κ1) is 18.9. The van der Waals surface area contributed by atoms with E-state index in [1.54, 1.807) is 24.3 Å². The fourth-order valence-electron chi connectivity index (χ4n) is 3.32. The normalized spacial score (nSPS) is 15.9. The lowest BCUT2D eigenvalue weighted by molar-refractivity contribution is 0.0681. The van der Waals surface area contributed by atoms with Crippen LogP contribution in [-0.2, 0) is 0 Å². The summed E-state index contributed by atoms with van der Waals surface area (Å²) >= 11 is 0. The highest BCUT2D eigenvalue weighted by Gasteiger charge is 2.25. The van der Waals surface area contributed by atoms with Crippen LogP contribution in [0.4, 0.5) is 16.2 Å². The number of nitrogens with zero attached hydrogens (tertiary/aromatic N) is 1. The Morgan fingerprint density at radius 1 is 0.963 bits per heavy atom. The van der Waals surface area contributed by atoms with Crippen molar-refractivity contribution in [2.75, 3.05) is 23.7 Å². The molecule has 3 amide bonds. The lowest BCUT2D eigenvalue weighted by atomic mass is 9.90. The molecule has 0 spiro atoms. The average Bonchev–Trinajstić information content (AvgIpc) is 2.69. The van der Waals surface area contributed by atoms with E-state index in [1.165, 1.54) is 0 Å². The highest BCUT2D eigenvalue weighted by molar-refractivity contribution is 6.00. The quantitative estimate of drug-likeness (QED) is 0.773. The van der Waals surface area contributed by atoms with Crippen LogP contribution in [0.1, 0.15) is 30.1 Å². The Morgan fingerprint density at radius 2 is 1.52 bits per heavy atom. The van der Waals surface area contributed by atoms with Crippen molar-refractivity contribution in [2.45, 2.75) is 25.8 Å². The molecule has 0 aromatic heterocycles. The molecule has 6 heteroatoms. The highest BCUT2D eigenvalue weighted by atomic mass is 16.2. The smallest absolute Gasteiger partial charge is 0.323 e. The van der Waals surface area contributed by atoms with Crippen LogP contribution in [0, 0.1) is 5.92 Å². The minimum absolute atomic E-state index is 0.0263. The number of anilines is 2. The number of para-hydroxylation sites is 1. The van der Waals surface area contributed by atoms with E-state index < -0.39 is 0 Å². The molecule has 1 atom stereocenters. The minimum atomic E-state index is -0.321. The fraction of sp³-hybridized carbons (Fsp3) is 0.333. The number of piperidine rings is 1. The van der Waals surface area contributed by atoms with Gasteiger partial charge in [-0.05, 0) is 62.1 Å². The summed E-state index contributed by atoms with van der Waals surface area (Å²) in [6.45, 7) is 3.51. The van der Waals surface area contributed by atoms with Crippen molar-refractivity contribution in [1.29, 1.82) is 0 Å². The Morgan fingerprint density at radius 3 is 2.07 bits per heavy atom. The number of benzene rings is 2. The maximum Gasteiger partial charge on any atom is 0.323 e. The molecule has 0 radical (unpaired) electrons. The van der Waals surface area contributed by atoms with Gasteiger partial charge in [-0.3, -0.25) is 4.79 Å². The van der Waals surface area contributed by atoms with Gasteiger partial charge in [-0.15, -0.1) is 0 Å². The summed E-state index contributed by atoms with van der Waals surface area (Å²) in [4.78, 5) is 26.6. The van der Waals surface area contributed by atoms with Crippen molar-refractivity contribution in [1.82, 2.24) is 4.90 Å². The molecule has 1 aliphatic rings. The van der Waals surface area contributed by atoms with Crippen molar-refractivity contribution < 1.29 is 9.59 Å². The standard InChI is InChI=1S/C21H26N4O2/c1-15(22)16-11-13-25(14-12-16)20(26)17-7-9-19(10-8-17)24-21(27)23-18-5-3-2-4-6-18/h2-10,15-16H,11-14,22H2,1H3,(H2,23,24,27). The monoisotopic (exact) mass is 366 g/mol. The first-order chi connectivity index (χ1) is 13.0.